The van der Waals surface area contributed by atoms with Gasteiger partial charge in [-0.1, -0.05) is 63.8 Å². The number of hydrogen-bond donors (Lipinski definition) is 0. The molecule has 0 aromatic heterocycles. The Labute approximate surface area is 109 Å². The van der Waals surface area contributed by atoms with Crippen LogP contribution in [0.25, 0.3) is 0 Å². The zero-order valence-electron chi connectivity index (χ0n) is 11.8. The second kappa shape index (κ2) is 15.5. The minimum absolute atomic E-state index is 1.09. The molecule has 0 saturated heterocycles. The van der Waals surface area contributed by atoms with E-state index in [1.165, 1.54) is 64.2 Å². The zero-order chi connectivity index (χ0) is 12.6. The molecule has 0 nitrogen and oxygen atoms in total. The van der Waals surface area contributed by atoms with Gasteiger partial charge in [-0.2, -0.15) is 0 Å². The first-order valence-corrected chi connectivity index (χ1v) is 7.51. The van der Waals surface area contributed by atoms with E-state index < -0.39 is 0 Å². The van der Waals surface area contributed by atoms with Crippen molar-refractivity contribution in [3.63, 3.8) is 0 Å². The van der Waals surface area contributed by atoms with Crippen LogP contribution in [0.3, 0.4) is 0 Å². The van der Waals surface area contributed by atoms with Gasteiger partial charge in [0.25, 0.3) is 0 Å². The summed E-state index contributed by atoms with van der Waals surface area (Å²) in [7, 11) is 0. The maximum atomic E-state index is 3.86. The molecule has 0 aliphatic carbocycles. The van der Waals surface area contributed by atoms with E-state index in [2.05, 4.69) is 38.2 Å². The Kier molecular flexibility index (Phi) is 15.0. The van der Waals surface area contributed by atoms with Crippen molar-refractivity contribution < 1.29 is 0 Å². The predicted molar refractivity (Wildman–Crippen MR) is 80.1 cm³/mol. The molecule has 0 atom stereocenters. The Hall–Kier alpha value is -0.520. The zero-order valence-corrected chi connectivity index (χ0v) is 11.8. The van der Waals surface area contributed by atoms with Crippen molar-refractivity contribution in [1.29, 1.82) is 0 Å². The number of allylic oxidation sites excluding steroid dienone is 4. The van der Waals surface area contributed by atoms with E-state index in [4.69, 9.17) is 0 Å². The van der Waals surface area contributed by atoms with E-state index in [0.29, 0.717) is 0 Å². The molecule has 0 aromatic carbocycles. The summed E-state index contributed by atoms with van der Waals surface area (Å²) < 4.78 is 0. The van der Waals surface area contributed by atoms with Crippen LogP contribution >= 0.6 is 0 Å². The van der Waals surface area contributed by atoms with Crippen molar-refractivity contribution in [3.05, 3.63) is 31.2 Å². The standard InChI is InChI=1S/C17H31/c1-3-5-7-9-11-13-15-17-16-14-12-10-8-6-4-2/h6,8,13,15H,1,3-5,7,9-12,14,16-17H2,2H3. The third kappa shape index (κ3) is 15.5. The quantitative estimate of drug-likeness (QED) is 0.277. The van der Waals surface area contributed by atoms with Gasteiger partial charge < -0.3 is 0 Å². The highest BCUT2D eigenvalue weighted by Gasteiger charge is 1.87. The van der Waals surface area contributed by atoms with Gasteiger partial charge in [0.1, 0.15) is 0 Å². The average Bonchev–Trinajstić information content (AvgIpc) is 2.35. The van der Waals surface area contributed by atoms with E-state index >= 15 is 0 Å². The van der Waals surface area contributed by atoms with Gasteiger partial charge >= 0.3 is 0 Å². The summed E-state index contributed by atoms with van der Waals surface area (Å²) in [5, 5.41) is 0. The molecule has 0 aromatic rings. The summed E-state index contributed by atoms with van der Waals surface area (Å²) >= 11 is 0. The second-order valence-electron chi connectivity index (χ2n) is 4.69. The summed E-state index contributed by atoms with van der Waals surface area (Å²) in [5.41, 5.74) is 0. The molecule has 0 unspecified atom stereocenters. The Balaban J connectivity index is 3.06. The van der Waals surface area contributed by atoms with Gasteiger partial charge in [-0.05, 0) is 44.9 Å². The molecule has 0 aliphatic heterocycles. The van der Waals surface area contributed by atoms with Crippen molar-refractivity contribution >= 4 is 0 Å². The third-order valence-electron chi connectivity index (χ3n) is 2.93. The molecular weight excluding hydrogens is 204 g/mol. The van der Waals surface area contributed by atoms with Gasteiger partial charge in [-0.3, -0.25) is 0 Å². The highest BCUT2D eigenvalue weighted by atomic mass is 13.9. The molecule has 0 fully saturated rings. The molecule has 0 saturated carbocycles. The van der Waals surface area contributed by atoms with Crippen LogP contribution in [0.2, 0.25) is 0 Å². The lowest BCUT2D eigenvalue weighted by atomic mass is 10.1. The highest BCUT2D eigenvalue weighted by molar-refractivity contribution is 4.82. The molecule has 99 valence electrons. The van der Waals surface area contributed by atoms with Crippen molar-refractivity contribution in [2.24, 2.45) is 0 Å². The molecule has 0 aliphatic rings. The molecule has 0 heterocycles. The van der Waals surface area contributed by atoms with Crippen LogP contribution in [0.1, 0.15) is 77.6 Å². The molecule has 0 N–H and O–H groups in total. The van der Waals surface area contributed by atoms with Crippen LogP contribution in [0.15, 0.2) is 24.3 Å². The monoisotopic (exact) mass is 235 g/mol. The van der Waals surface area contributed by atoms with Gasteiger partial charge in [0.2, 0.25) is 0 Å². The first-order valence-electron chi connectivity index (χ1n) is 7.51. The normalized spacial score (nSPS) is 11.9. The van der Waals surface area contributed by atoms with Crippen molar-refractivity contribution in [2.45, 2.75) is 77.6 Å². The van der Waals surface area contributed by atoms with Crippen LogP contribution in [-0.2, 0) is 0 Å². The van der Waals surface area contributed by atoms with Gasteiger partial charge in [-0.15, -0.1) is 0 Å². The first kappa shape index (κ1) is 16.5. The van der Waals surface area contributed by atoms with Crippen LogP contribution in [-0.4, -0.2) is 0 Å². The molecular formula is C17H31. The number of unbranched alkanes of at least 4 members (excludes halogenated alkanes) is 8. The number of rotatable bonds is 12. The molecule has 1 radical (unpaired) electrons. The van der Waals surface area contributed by atoms with Crippen LogP contribution in [0.5, 0.6) is 0 Å². The van der Waals surface area contributed by atoms with E-state index in [-0.39, 0.29) is 0 Å². The smallest absolute Gasteiger partial charge is 0.0351 e. The predicted octanol–water partition coefficient (Wildman–Crippen LogP) is 6.24. The summed E-state index contributed by atoms with van der Waals surface area (Å²) in [6.07, 6.45) is 23.5. The number of hydrogen-bond acceptors (Lipinski definition) is 0. The maximum absolute atomic E-state index is 3.86. The topological polar surface area (TPSA) is 0 Å². The van der Waals surface area contributed by atoms with Crippen molar-refractivity contribution in [2.75, 3.05) is 0 Å². The van der Waals surface area contributed by atoms with Crippen LogP contribution < -0.4 is 0 Å². The first-order chi connectivity index (χ1) is 8.41. The van der Waals surface area contributed by atoms with Crippen molar-refractivity contribution in [3.8, 4) is 0 Å². The largest absolute Gasteiger partial charge is 0.0888 e. The Bertz CT molecular complexity index is 176. The Morgan fingerprint density at radius 3 is 1.59 bits per heavy atom. The minimum atomic E-state index is 1.09. The fourth-order valence-corrected chi connectivity index (χ4v) is 1.84. The van der Waals surface area contributed by atoms with E-state index in [1.54, 1.807) is 0 Å². The van der Waals surface area contributed by atoms with E-state index in [1.807, 2.05) is 0 Å². The van der Waals surface area contributed by atoms with Gasteiger partial charge in [0.15, 0.2) is 0 Å². The summed E-state index contributed by atoms with van der Waals surface area (Å²) in [6, 6.07) is 0. The lowest BCUT2D eigenvalue weighted by molar-refractivity contribution is 0.684. The Morgan fingerprint density at radius 1 is 0.647 bits per heavy atom. The van der Waals surface area contributed by atoms with E-state index in [0.717, 1.165) is 6.42 Å². The summed E-state index contributed by atoms with van der Waals surface area (Å²) in [4.78, 5) is 0. The molecule has 0 spiro atoms. The molecule has 17 heavy (non-hydrogen) atoms. The SMILES string of the molecule is [CH2]CCCCCC=CCCCCCC=CCC. The molecule has 0 rings (SSSR count). The van der Waals surface area contributed by atoms with E-state index in [9.17, 15) is 0 Å². The van der Waals surface area contributed by atoms with Gasteiger partial charge in [0, 0.05) is 0 Å². The molecule has 0 amide bonds. The Morgan fingerprint density at radius 2 is 1.12 bits per heavy atom. The minimum Gasteiger partial charge on any atom is -0.0888 e. The lowest BCUT2D eigenvalue weighted by Crippen LogP contribution is -1.76. The van der Waals surface area contributed by atoms with Gasteiger partial charge in [0.05, 0.1) is 0 Å². The fourth-order valence-electron chi connectivity index (χ4n) is 1.84. The van der Waals surface area contributed by atoms with Crippen LogP contribution in [0, 0.1) is 6.92 Å². The fraction of sp³-hybridized carbons (Fsp3) is 0.706. The lowest BCUT2D eigenvalue weighted by Gasteiger charge is -1.96. The third-order valence-corrected chi connectivity index (χ3v) is 2.93. The molecule has 0 bridgehead atoms. The second-order valence-corrected chi connectivity index (χ2v) is 4.69. The summed E-state index contributed by atoms with van der Waals surface area (Å²) in [5.74, 6) is 0. The maximum Gasteiger partial charge on any atom is -0.0351 e. The van der Waals surface area contributed by atoms with Crippen LogP contribution in [0.4, 0.5) is 0 Å². The van der Waals surface area contributed by atoms with Crippen molar-refractivity contribution in [1.82, 2.24) is 0 Å². The highest BCUT2D eigenvalue weighted by Crippen LogP contribution is 2.06. The van der Waals surface area contributed by atoms with Gasteiger partial charge in [-0.25, -0.2) is 0 Å². The molecule has 0 heteroatoms. The average molecular weight is 235 g/mol. The summed E-state index contributed by atoms with van der Waals surface area (Å²) in [6.45, 7) is 6.05.